The van der Waals surface area contributed by atoms with Crippen molar-refractivity contribution in [2.45, 2.75) is 39.2 Å². The molecule has 136 valence electrons. The summed E-state index contributed by atoms with van der Waals surface area (Å²) in [7, 11) is 0. The fraction of sp³-hybridized carbons (Fsp3) is 0.444. The first-order valence-electron chi connectivity index (χ1n) is 8.24. The second-order valence-electron chi connectivity index (χ2n) is 6.78. The van der Waals surface area contributed by atoms with Gasteiger partial charge in [0.25, 0.3) is 0 Å². The molecule has 1 heterocycles. The number of fused-ring (bicyclic) bond motifs is 1. The van der Waals surface area contributed by atoms with Gasteiger partial charge in [0.15, 0.2) is 0 Å². The molecule has 0 unspecified atom stereocenters. The molecule has 0 saturated carbocycles. The Kier molecular flexibility index (Phi) is 6.01. The van der Waals surface area contributed by atoms with E-state index >= 15 is 0 Å². The summed E-state index contributed by atoms with van der Waals surface area (Å²) in [6, 6.07) is 4.59. The number of nitrogens with one attached hydrogen (secondary N) is 3. The van der Waals surface area contributed by atoms with Gasteiger partial charge < -0.3 is 20.4 Å². The van der Waals surface area contributed by atoms with Crippen LogP contribution < -0.4 is 10.6 Å². The lowest BCUT2D eigenvalue weighted by Crippen LogP contribution is -2.35. The van der Waals surface area contributed by atoms with Crippen molar-refractivity contribution in [1.29, 1.82) is 0 Å². The van der Waals surface area contributed by atoms with Crippen LogP contribution in [0.5, 0.6) is 0 Å². The molecular formula is C18H24FN3O3. The van der Waals surface area contributed by atoms with Crippen molar-refractivity contribution in [2.75, 3.05) is 13.1 Å². The summed E-state index contributed by atoms with van der Waals surface area (Å²) in [5.74, 6) is -0.436. The molecule has 3 N–H and O–H groups in total. The minimum absolute atomic E-state index is 0.151. The highest BCUT2D eigenvalue weighted by atomic mass is 19.1. The van der Waals surface area contributed by atoms with Crippen LogP contribution in [0.25, 0.3) is 10.9 Å². The third-order valence-corrected chi connectivity index (χ3v) is 3.47. The van der Waals surface area contributed by atoms with Gasteiger partial charge in [-0.05, 0) is 51.0 Å². The zero-order valence-electron chi connectivity index (χ0n) is 14.7. The number of carbonyl (C=O) groups is 2. The highest BCUT2D eigenvalue weighted by Crippen LogP contribution is 2.19. The highest BCUT2D eigenvalue weighted by Gasteiger charge is 2.15. The standard InChI is InChI=1S/C18H24FN3O3/c1-18(2,3)25-17(24)21-9-7-16(23)20-8-6-12-11-22-15-10-13(19)4-5-14(12)15/h4-5,10-11,22H,6-9H2,1-3H3,(H,20,23)(H,21,24). The predicted octanol–water partition coefficient (Wildman–Crippen LogP) is 2.88. The maximum Gasteiger partial charge on any atom is 0.407 e. The van der Waals surface area contributed by atoms with Crippen LogP contribution in [0, 0.1) is 5.82 Å². The van der Waals surface area contributed by atoms with Crippen molar-refractivity contribution in [1.82, 2.24) is 15.6 Å². The molecule has 0 spiro atoms. The molecule has 25 heavy (non-hydrogen) atoms. The molecule has 1 aromatic carbocycles. The summed E-state index contributed by atoms with van der Waals surface area (Å²) in [6.07, 6.45) is 2.10. The molecule has 0 fully saturated rings. The Bertz CT molecular complexity index is 750. The lowest BCUT2D eigenvalue weighted by Gasteiger charge is -2.19. The molecular weight excluding hydrogens is 325 g/mol. The van der Waals surface area contributed by atoms with Crippen LogP contribution in [0.2, 0.25) is 0 Å². The van der Waals surface area contributed by atoms with Crippen molar-refractivity contribution in [3.05, 3.63) is 35.8 Å². The predicted molar refractivity (Wildman–Crippen MR) is 93.8 cm³/mol. The van der Waals surface area contributed by atoms with Crippen molar-refractivity contribution >= 4 is 22.9 Å². The zero-order valence-corrected chi connectivity index (χ0v) is 14.7. The van der Waals surface area contributed by atoms with Crippen LogP contribution in [-0.2, 0) is 16.0 Å². The zero-order chi connectivity index (χ0) is 18.4. The van der Waals surface area contributed by atoms with Crippen LogP contribution >= 0.6 is 0 Å². The molecule has 0 aliphatic rings. The van der Waals surface area contributed by atoms with E-state index in [0.717, 1.165) is 16.5 Å². The van der Waals surface area contributed by atoms with E-state index in [4.69, 9.17) is 4.74 Å². The van der Waals surface area contributed by atoms with Gasteiger partial charge in [-0.15, -0.1) is 0 Å². The number of hydrogen-bond acceptors (Lipinski definition) is 3. The number of halogens is 1. The number of benzene rings is 1. The minimum Gasteiger partial charge on any atom is -0.444 e. The Morgan fingerprint density at radius 1 is 1.20 bits per heavy atom. The molecule has 2 amide bonds. The third kappa shape index (κ3) is 6.10. The summed E-state index contributed by atoms with van der Waals surface area (Å²) in [5.41, 5.74) is 1.19. The molecule has 2 aromatic rings. The van der Waals surface area contributed by atoms with Crippen molar-refractivity contribution in [3.8, 4) is 0 Å². The summed E-state index contributed by atoms with van der Waals surface area (Å²) >= 11 is 0. The molecule has 1 aromatic heterocycles. The highest BCUT2D eigenvalue weighted by molar-refractivity contribution is 5.83. The van der Waals surface area contributed by atoms with Gasteiger partial charge in [-0.25, -0.2) is 9.18 Å². The van der Waals surface area contributed by atoms with Gasteiger partial charge in [-0.2, -0.15) is 0 Å². The van der Waals surface area contributed by atoms with Crippen LogP contribution in [0.3, 0.4) is 0 Å². The molecule has 0 saturated heterocycles. The number of H-pyrrole nitrogens is 1. The Hall–Kier alpha value is -2.57. The molecule has 7 heteroatoms. The van der Waals surface area contributed by atoms with E-state index in [1.54, 1.807) is 26.8 Å². The lowest BCUT2D eigenvalue weighted by atomic mass is 10.1. The first kappa shape index (κ1) is 18.8. The Labute approximate surface area is 146 Å². The number of aromatic amines is 1. The first-order chi connectivity index (χ1) is 11.7. The van der Waals surface area contributed by atoms with E-state index in [-0.39, 0.29) is 24.7 Å². The van der Waals surface area contributed by atoms with Crippen molar-refractivity contribution in [2.24, 2.45) is 0 Å². The molecule has 0 bridgehead atoms. The number of ether oxygens (including phenoxy) is 1. The molecule has 0 aliphatic heterocycles. The fourth-order valence-corrected chi connectivity index (χ4v) is 2.38. The fourth-order valence-electron chi connectivity index (χ4n) is 2.38. The van der Waals surface area contributed by atoms with Crippen LogP contribution in [-0.4, -0.2) is 35.7 Å². The second kappa shape index (κ2) is 8.00. The number of rotatable bonds is 6. The van der Waals surface area contributed by atoms with E-state index in [1.165, 1.54) is 12.1 Å². The van der Waals surface area contributed by atoms with Gasteiger partial charge in [-0.3, -0.25) is 4.79 Å². The number of carbonyl (C=O) groups excluding carboxylic acids is 2. The second-order valence-corrected chi connectivity index (χ2v) is 6.78. The summed E-state index contributed by atoms with van der Waals surface area (Å²) in [6.45, 7) is 6.01. The largest absolute Gasteiger partial charge is 0.444 e. The van der Waals surface area contributed by atoms with Crippen molar-refractivity contribution in [3.63, 3.8) is 0 Å². The van der Waals surface area contributed by atoms with Crippen molar-refractivity contribution < 1.29 is 18.7 Å². The molecule has 0 atom stereocenters. The number of amides is 2. The Morgan fingerprint density at radius 3 is 2.68 bits per heavy atom. The van der Waals surface area contributed by atoms with Gasteiger partial charge in [0.1, 0.15) is 11.4 Å². The van der Waals surface area contributed by atoms with E-state index in [1.807, 2.05) is 6.20 Å². The smallest absolute Gasteiger partial charge is 0.407 e. The summed E-state index contributed by atoms with van der Waals surface area (Å²) < 4.78 is 18.2. The Balaban J connectivity index is 1.69. The monoisotopic (exact) mass is 349 g/mol. The molecule has 0 radical (unpaired) electrons. The number of hydrogen-bond donors (Lipinski definition) is 3. The van der Waals surface area contributed by atoms with Gasteiger partial charge in [0.2, 0.25) is 5.91 Å². The summed E-state index contributed by atoms with van der Waals surface area (Å²) in [4.78, 5) is 26.3. The van der Waals surface area contributed by atoms with E-state index < -0.39 is 11.7 Å². The third-order valence-electron chi connectivity index (χ3n) is 3.47. The Morgan fingerprint density at radius 2 is 1.96 bits per heavy atom. The number of alkyl carbamates (subject to hydrolysis) is 1. The maximum atomic E-state index is 13.2. The van der Waals surface area contributed by atoms with Gasteiger partial charge in [0, 0.05) is 36.6 Å². The maximum absolute atomic E-state index is 13.2. The topological polar surface area (TPSA) is 83.2 Å². The van der Waals surface area contributed by atoms with Crippen LogP contribution in [0.1, 0.15) is 32.8 Å². The van der Waals surface area contributed by atoms with E-state index in [0.29, 0.717) is 13.0 Å². The average Bonchev–Trinajstić information content (AvgIpc) is 2.87. The minimum atomic E-state index is -0.561. The van der Waals surface area contributed by atoms with Gasteiger partial charge in [0.05, 0.1) is 0 Å². The lowest BCUT2D eigenvalue weighted by molar-refractivity contribution is -0.120. The number of aromatic nitrogens is 1. The molecule has 0 aliphatic carbocycles. The van der Waals surface area contributed by atoms with E-state index in [9.17, 15) is 14.0 Å². The average molecular weight is 349 g/mol. The van der Waals surface area contributed by atoms with Crippen LogP contribution in [0.15, 0.2) is 24.4 Å². The van der Waals surface area contributed by atoms with Crippen LogP contribution in [0.4, 0.5) is 9.18 Å². The molecule has 2 rings (SSSR count). The summed E-state index contributed by atoms with van der Waals surface area (Å²) in [5, 5.41) is 6.29. The SMILES string of the molecule is CC(C)(C)OC(=O)NCCC(=O)NCCc1c[nH]c2cc(F)ccc12. The molecule has 6 nitrogen and oxygen atoms in total. The normalized spacial score (nSPS) is 11.4. The van der Waals surface area contributed by atoms with E-state index in [2.05, 4.69) is 15.6 Å². The quantitative estimate of drug-likeness (QED) is 0.750. The van der Waals surface area contributed by atoms with Gasteiger partial charge >= 0.3 is 6.09 Å². The van der Waals surface area contributed by atoms with Gasteiger partial charge in [-0.1, -0.05) is 0 Å². The first-order valence-corrected chi connectivity index (χ1v) is 8.24.